The summed E-state index contributed by atoms with van der Waals surface area (Å²) in [6, 6.07) is 0. The van der Waals surface area contributed by atoms with Crippen LogP contribution in [0.25, 0.3) is 0 Å². The van der Waals surface area contributed by atoms with Crippen molar-refractivity contribution in [2.45, 2.75) is 58.2 Å². The van der Waals surface area contributed by atoms with E-state index in [0.717, 1.165) is 4.90 Å². The Balaban J connectivity index is 2.70. The van der Waals surface area contributed by atoms with E-state index < -0.39 is 17.4 Å². The molecule has 0 saturated carbocycles. The highest BCUT2D eigenvalue weighted by atomic mass is 19.1. The van der Waals surface area contributed by atoms with E-state index in [1.54, 1.807) is 20.8 Å². The van der Waals surface area contributed by atoms with Crippen LogP contribution < -0.4 is 0 Å². The lowest BCUT2D eigenvalue weighted by atomic mass is 10.00. The van der Waals surface area contributed by atoms with Crippen molar-refractivity contribution in [2.75, 3.05) is 6.54 Å². The Morgan fingerprint density at radius 3 is 2.53 bits per heavy atom. The van der Waals surface area contributed by atoms with Gasteiger partial charge in [-0.3, -0.25) is 4.79 Å². The lowest BCUT2D eigenvalue weighted by molar-refractivity contribution is -0.129. The van der Waals surface area contributed by atoms with Crippen LogP contribution in [-0.4, -0.2) is 34.7 Å². The summed E-state index contributed by atoms with van der Waals surface area (Å²) in [7, 11) is 0. The van der Waals surface area contributed by atoms with E-state index in [1.807, 2.05) is 0 Å². The van der Waals surface area contributed by atoms with E-state index in [0.29, 0.717) is 0 Å². The average molecular weight is 245 g/mol. The number of imide groups is 1. The third kappa shape index (κ3) is 4.32. The molecule has 4 nitrogen and oxygen atoms in total. The molecule has 98 valence electrons. The molecule has 0 radical (unpaired) electrons. The summed E-state index contributed by atoms with van der Waals surface area (Å²) in [5.74, 6) is -0.361. The second-order valence-electron chi connectivity index (χ2n) is 5.69. The standard InChI is InChI=1S/C12H20FNO3/c1-11(2,3)17-10(16)14-8-7-12(4,13)6-5-9(14)15/h5-8H2,1-4H3/t12-/m0/s1. The van der Waals surface area contributed by atoms with Gasteiger partial charge in [0.1, 0.15) is 11.3 Å². The molecule has 1 saturated heterocycles. The molecule has 0 aromatic rings. The molecular weight excluding hydrogens is 225 g/mol. The molecule has 1 rings (SSSR count). The Kier molecular flexibility index (Phi) is 3.79. The third-order valence-electron chi connectivity index (χ3n) is 2.63. The van der Waals surface area contributed by atoms with Crippen LogP contribution in [0.5, 0.6) is 0 Å². The van der Waals surface area contributed by atoms with Gasteiger partial charge in [-0.1, -0.05) is 0 Å². The van der Waals surface area contributed by atoms with Gasteiger partial charge in [0.25, 0.3) is 0 Å². The number of nitrogens with zero attached hydrogens (tertiary/aromatic N) is 1. The molecule has 1 atom stereocenters. The van der Waals surface area contributed by atoms with E-state index in [4.69, 9.17) is 4.74 Å². The van der Waals surface area contributed by atoms with Crippen LogP contribution >= 0.6 is 0 Å². The van der Waals surface area contributed by atoms with Crippen LogP contribution in [0, 0.1) is 0 Å². The molecule has 0 aromatic carbocycles. The predicted molar refractivity (Wildman–Crippen MR) is 61.3 cm³/mol. The van der Waals surface area contributed by atoms with Crippen molar-refractivity contribution in [1.82, 2.24) is 4.90 Å². The van der Waals surface area contributed by atoms with Crippen molar-refractivity contribution in [2.24, 2.45) is 0 Å². The highest BCUT2D eigenvalue weighted by molar-refractivity contribution is 5.92. The van der Waals surface area contributed by atoms with Crippen LogP contribution in [0.15, 0.2) is 0 Å². The second kappa shape index (κ2) is 4.63. The Labute approximate surface area is 101 Å². The second-order valence-corrected chi connectivity index (χ2v) is 5.69. The third-order valence-corrected chi connectivity index (χ3v) is 2.63. The van der Waals surface area contributed by atoms with Gasteiger partial charge in [-0.2, -0.15) is 0 Å². The Bertz CT molecular complexity index is 320. The molecule has 1 aliphatic heterocycles. The van der Waals surface area contributed by atoms with Crippen LogP contribution in [0.4, 0.5) is 9.18 Å². The first-order valence-corrected chi connectivity index (χ1v) is 5.83. The largest absolute Gasteiger partial charge is 0.443 e. The van der Waals surface area contributed by atoms with Crippen molar-refractivity contribution in [1.29, 1.82) is 0 Å². The molecule has 17 heavy (non-hydrogen) atoms. The average Bonchev–Trinajstić information content (AvgIpc) is 2.23. The number of hydrogen-bond acceptors (Lipinski definition) is 3. The first-order valence-electron chi connectivity index (χ1n) is 5.83. The number of alkyl halides is 1. The fraction of sp³-hybridized carbons (Fsp3) is 0.833. The van der Waals surface area contributed by atoms with E-state index >= 15 is 0 Å². The Hall–Kier alpha value is -1.13. The lowest BCUT2D eigenvalue weighted by Crippen LogP contribution is -2.40. The molecule has 2 amide bonds. The molecular formula is C12H20FNO3. The maximum Gasteiger partial charge on any atom is 0.417 e. The van der Waals surface area contributed by atoms with Crippen molar-refractivity contribution in [3.8, 4) is 0 Å². The highest BCUT2D eigenvalue weighted by Crippen LogP contribution is 2.27. The number of amides is 2. The number of ether oxygens (including phenoxy) is 1. The maximum absolute atomic E-state index is 13.7. The normalized spacial score (nSPS) is 26.6. The minimum absolute atomic E-state index is 0.0479. The lowest BCUT2D eigenvalue weighted by Gasteiger charge is -2.25. The number of carbonyl (C=O) groups excluding carboxylic acids is 2. The maximum atomic E-state index is 13.7. The van der Waals surface area contributed by atoms with E-state index in [2.05, 4.69) is 0 Å². The van der Waals surface area contributed by atoms with Gasteiger partial charge >= 0.3 is 6.09 Å². The van der Waals surface area contributed by atoms with Gasteiger partial charge in [-0.05, 0) is 40.5 Å². The van der Waals surface area contributed by atoms with Gasteiger partial charge in [0.05, 0.1) is 0 Å². The minimum Gasteiger partial charge on any atom is -0.443 e. The SMILES string of the molecule is CC(C)(C)OC(=O)N1CC[C@@](C)(F)CCC1=O. The van der Waals surface area contributed by atoms with Crippen molar-refractivity contribution in [3.63, 3.8) is 0 Å². The monoisotopic (exact) mass is 245 g/mol. The fourth-order valence-corrected chi connectivity index (χ4v) is 1.61. The zero-order chi connectivity index (χ0) is 13.3. The van der Waals surface area contributed by atoms with E-state index in [-0.39, 0.29) is 31.7 Å². The molecule has 1 fully saturated rings. The first-order chi connectivity index (χ1) is 7.61. The number of rotatable bonds is 0. The molecule has 1 aliphatic rings. The Morgan fingerprint density at radius 1 is 1.41 bits per heavy atom. The van der Waals surface area contributed by atoms with Gasteiger partial charge in [0.2, 0.25) is 5.91 Å². The molecule has 0 spiro atoms. The molecule has 5 heteroatoms. The van der Waals surface area contributed by atoms with Crippen molar-refractivity contribution in [3.05, 3.63) is 0 Å². The Morgan fingerprint density at radius 2 is 2.00 bits per heavy atom. The summed E-state index contributed by atoms with van der Waals surface area (Å²) in [6.07, 6.45) is -0.310. The molecule has 0 N–H and O–H groups in total. The summed E-state index contributed by atoms with van der Waals surface area (Å²) in [6.45, 7) is 6.73. The van der Waals surface area contributed by atoms with Crippen molar-refractivity contribution >= 4 is 12.0 Å². The summed E-state index contributed by atoms with van der Waals surface area (Å²) < 4.78 is 18.9. The van der Waals surface area contributed by atoms with Crippen LogP contribution in [0.3, 0.4) is 0 Å². The van der Waals surface area contributed by atoms with E-state index in [9.17, 15) is 14.0 Å². The quantitative estimate of drug-likeness (QED) is 0.659. The molecule has 0 aliphatic carbocycles. The van der Waals surface area contributed by atoms with Crippen LogP contribution in [-0.2, 0) is 9.53 Å². The summed E-state index contributed by atoms with van der Waals surface area (Å²) in [5.41, 5.74) is -2.03. The van der Waals surface area contributed by atoms with Gasteiger partial charge in [0, 0.05) is 13.0 Å². The number of likely N-dealkylation sites (tertiary alicyclic amines) is 1. The summed E-state index contributed by atoms with van der Waals surface area (Å²) >= 11 is 0. The highest BCUT2D eigenvalue weighted by Gasteiger charge is 2.35. The smallest absolute Gasteiger partial charge is 0.417 e. The summed E-state index contributed by atoms with van der Waals surface area (Å²) in [4.78, 5) is 24.4. The van der Waals surface area contributed by atoms with Crippen molar-refractivity contribution < 1.29 is 18.7 Å². The zero-order valence-corrected chi connectivity index (χ0v) is 10.9. The number of hydrogen-bond donors (Lipinski definition) is 0. The minimum atomic E-state index is -1.38. The molecule has 0 unspecified atom stereocenters. The number of halogens is 1. The zero-order valence-electron chi connectivity index (χ0n) is 10.9. The van der Waals surface area contributed by atoms with E-state index in [1.165, 1.54) is 6.92 Å². The topological polar surface area (TPSA) is 46.6 Å². The molecule has 0 bridgehead atoms. The predicted octanol–water partition coefficient (Wildman–Crippen LogP) is 2.66. The van der Waals surface area contributed by atoms with Crippen LogP contribution in [0.1, 0.15) is 47.0 Å². The van der Waals surface area contributed by atoms with Gasteiger partial charge in [-0.25, -0.2) is 14.1 Å². The number of carbonyl (C=O) groups is 2. The molecule has 0 aromatic heterocycles. The first kappa shape index (κ1) is 13.9. The van der Waals surface area contributed by atoms with Crippen LogP contribution in [0.2, 0.25) is 0 Å². The molecule has 1 heterocycles. The van der Waals surface area contributed by atoms with Gasteiger partial charge in [-0.15, -0.1) is 0 Å². The van der Waals surface area contributed by atoms with Gasteiger partial charge in [0.15, 0.2) is 0 Å². The summed E-state index contributed by atoms with van der Waals surface area (Å²) in [5, 5.41) is 0. The van der Waals surface area contributed by atoms with Gasteiger partial charge < -0.3 is 4.74 Å². The fourth-order valence-electron chi connectivity index (χ4n) is 1.61.